The van der Waals surface area contributed by atoms with Crippen molar-refractivity contribution >= 4 is 32.3 Å². The number of ether oxygens (including phenoxy) is 2. The van der Waals surface area contributed by atoms with E-state index in [4.69, 9.17) is 9.47 Å². The van der Waals surface area contributed by atoms with E-state index in [2.05, 4.69) is 113 Å². The van der Waals surface area contributed by atoms with Gasteiger partial charge < -0.3 is 9.47 Å². The van der Waals surface area contributed by atoms with Crippen LogP contribution in [-0.2, 0) is 10.8 Å². The first-order valence-corrected chi connectivity index (χ1v) is 17.6. The molecule has 0 bridgehead atoms. The fourth-order valence-electron chi connectivity index (χ4n) is 10.4. The van der Waals surface area contributed by atoms with E-state index in [-0.39, 0.29) is 22.0 Å². The van der Waals surface area contributed by atoms with Crippen molar-refractivity contribution < 1.29 is 9.47 Å². The highest BCUT2D eigenvalue weighted by molar-refractivity contribution is 6.27. The average molecular weight is 603 g/mol. The first-order chi connectivity index (χ1) is 22.2. The summed E-state index contributed by atoms with van der Waals surface area (Å²) in [5.41, 5.74) is 7.88. The highest BCUT2D eigenvalue weighted by atomic mass is 16.5. The van der Waals surface area contributed by atoms with Gasteiger partial charge in [0.1, 0.15) is 22.7 Å². The maximum absolute atomic E-state index is 6.69. The second-order valence-electron chi connectivity index (χ2n) is 15.8. The molecular formula is C44H42O2. The first-order valence-electron chi connectivity index (χ1n) is 17.6. The first kappa shape index (κ1) is 27.1. The maximum atomic E-state index is 6.69. The fourth-order valence-corrected chi connectivity index (χ4v) is 10.4. The van der Waals surface area contributed by atoms with Crippen molar-refractivity contribution in [3.05, 3.63) is 96.1 Å². The number of benzene rings is 6. The molecule has 4 aliphatic rings. The van der Waals surface area contributed by atoms with Gasteiger partial charge in [-0.25, -0.2) is 0 Å². The lowest BCUT2D eigenvalue weighted by molar-refractivity contribution is 0.00727. The summed E-state index contributed by atoms with van der Waals surface area (Å²) in [5, 5.41) is 8.01. The number of hydrogen-bond acceptors (Lipinski definition) is 2. The van der Waals surface area contributed by atoms with Crippen LogP contribution in [0.1, 0.15) is 90.2 Å². The van der Waals surface area contributed by atoms with Gasteiger partial charge in [-0.05, 0) is 131 Å². The van der Waals surface area contributed by atoms with Crippen LogP contribution < -0.4 is 9.47 Å². The van der Waals surface area contributed by atoms with Crippen LogP contribution in [0, 0.1) is 0 Å². The van der Waals surface area contributed by atoms with Crippen LogP contribution in [0.2, 0.25) is 0 Å². The summed E-state index contributed by atoms with van der Waals surface area (Å²) < 4.78 is 13.4. The predicted molar refractivity (Wildman–Crippen MR) is 191 cm³/mol. The zero-order valence-electron chi connectivity index (χ0n) is 27.6. The van der Waals surface area contributed by atoms with Crippen LogP contribution in [0.4, 0.5) is 0 Å². The Bertz CT molecular complexity index is 2090. The number of rotatable bonds is 2. The summed E-state index contributed by atoms with van der Waals surface area (Å²) in [6.45, 7) is 9.55. The van der Waals surface area contributed by atoms with Gasteiger partial charge >= 0.3 is 0 Å². The molecule has 230 valence electrons. The number of hydrogen-bond donors (Lipinski definition) is 0. The van der Waals surface area contributed by atoms with E-state index >= 15 is 0 Å². The van der Waals surface area contributed by atoms with Gasteiger partial charge in [0, 0.05) is 22.0 Å². The molecule has 10 rings (SSSR count). The van der Waals surface area contributed by atoms with Crippen LogP contribution >= 0.6 is 0 Å². The van der Waals surface area contributed by atoms with E-state index in [9.17, 15) is 0 Å². The van der Waals surface area contributed by atoms with Crippen LogP contribution in [-0.4, -0.2) is 11.2 Å². The minimum absolute atomic E-state index is 0.0578. The van der Waals surface area contributed by atoms with E-state index in [1.807, 2.05) is 0 Å². The van der Waals surface area contributed by atoms with Gasteiger partial charge in [0.05, 0.1) is 0 Å². The molecule has 2 heteroatoms. The lowest BCUT2D eigenvalue weighted by Gasteiger charge is -2.43. The van der Waals surface area contributed by atoms with E-state index < -0.39 is 0 Å². The van der Waals surface area contributed by atoms with Crippen LogP contribution in [0.15, 0.2) is 84.9 Å². The molecule has 2 aliphatic heterocycles. The molecule has 0 radical (unpaired) electrons. The highest BCUT2D eigenvalue weighted by Gasteiger charge is 2.56. The second-order valence-corrected chi connectivity index (χ2v) is 15.8. The molecule has 0 amide bonds. The quantitative estimate of drug-likeness (QED) is 0.184. The molecule has 46 heavy (non-hydrogen) atoms. The summed E-state index contributed by atoms with van der Waals surface area (Å²) in [6, 6.07) is 32.7. The molecule has 2 heterocycles. The van der Waals surface area contributed by atoms with Crippen molar-refractivity contribution in [1.82, 2.24) is 0 Å². The van der Waals surface area contributed by atoms with Crippen LogP contribution in [0.25, 0.3) is 54.6 Å². The summed E-state index contributed by atoms with van der Waals surface area (Å²) in [6.07, 6.45) is 9.69. The Balaban J connectivity index is 1.14. The molecule has 4 atom stereocenters. The topological polar surface area (TPSA) is 18.5 Å². The normalized spacial score (nSPS) is 29.7. The Morgan fingerprint density at radius 2 is 0.870 bits per heavy atom. The van der Waals surface area contributed by atoms with Crippen molar-refractivity contribution in [2.24, 2.45) is 0 Å². The fraction of sp³-hybridized carbons (Fsp3) is 0.364. The van der Waals surface area contributed by atoms with Gasteiger partial charge in [-0.3, -0.25) is 0 Å². The largest absolute Gasteiger partial charge is 0.486 e. The van der Waals surface area contributed by atoms with E-state index in [0.717, 1.165) is 24.3 Å². The van der Waals surface area contributed by atoms with E-state index in [1.165, 1.54) is 104 Å². The Morgan fingerprint density at radius 1 is 0.457 bits per heavy atom. The molecule has 0 saturated heterocycles. The molecule has 6 aromatic rings. The molecule has 2 aliphatic carbocycles. The SMILES string of the molecule is CC12CCCCC1(C)c1cc(-c3ccc4ccc5c(-c6ccc7c(c6)C6(C)CCCCC6(C)O7)ccc6ccc3c4c65)ccc1O2. The minimum atomic E-state index is -0.109. The zero-order chi connectivity index (χ0) is 31.1. The maximum Gasteiger partial charge on any atom is 0.124 e. The van der Waals surface area contributed by atoms with Crippen molar-refractivity contribution in [2.45, 2.75) is 101 Å². The smallest absolute Gasteiger partial charge is 0.124 e. The Morgan fingerprint density at radius 3 is 1.33 bits per heavy atom. The zero-order valence-corrected chi connectivity index (χ0v) is 27.6. The average Bonchev–Trinajstić information content (AvgIpc) is 3.45. The van der Waals surface area contributed by atoms with Crippen molar-refractivity contribution in [2.75, 3.05) is 0 Å². The molecular weight excluding hydrogens is 560 g/mol. The Kier molecular flexibility index (Phi) is 5.22. The summed E-state index contributed by atoms with van der Waals surface area (Å²) in [5.74, 6) is 2.17. The van der Waals surface area contributed by atoms with Gasteiger partial charge in [-0.1, -0.05) is 87.4 Å². The second kappa shape index (κ2) is 8.85. The van der Waals surface area contributed by atoms with Gasteiger partial charge in [-0.2, -0.15) is 0 Å². The Hall–Kier alpha value is -4.04. The van der Waals surface area contributed by atoms with Crippen LogP contribution in [0.5, 0.6) is 11.5 Å². The number of fused-ring (bicyclic) bond motifs is 6. The third-order valence-corrected chi connectivity index (χ3v) is 13.6. The van der Waals surface area contributed by atoms with Crippen molar-refractivity contribution in [3.8, 4) is 33.8 Å². The van der Waals surface area contributed by atoms with Gasteiger partial charge in [-0.15, -0.1) is 0 Å². The van der Waals surface area contributed by atoms with Gasteiger partial charge in [0.2, 0.25) is 0 Å². The predicted octanol–water partition coefficient (Wildman–Crippen LogP) is 11.9. The third kappa shape index (κ3) is 3.28. The monoisotopic (exact) mass is 602 g/mol. The lowest BCUT2D eigenvalue weighted by Crippen LogP contribution is -2.49. The molecule has 2 nitrogen and oxygen atoms in total. The Labute approximate surface area is 272 Å². The summed E-state index contributed by atoms with van der Waals surface area (Å²) in [4.78, 5) is 0. The minimum Gasteiger partial charge on any atom is -0.486 e. The van der Waals surface area contributed by atoms with E-state index in [0.29, 0.717) is 0 Å². The molecule has 2 saturated carbocycles. The molecule has 2 fully saturated rings. The van der Waals surface area contributed by atoms with Crippen molar-refractivity contribution in [3.63, 3.8) is 0 Å². The molecule has 0 N–H and O–H groups in total. The van der Waals surface area contributed by atoms with Crippen molar-refractivity contribution in [1.29, 1.82) is 0 Å². The van der Waals surface area contributed by atoms with E-state index in [1.54, 1.807) is 0 Å². The van der Waals surface area contributed by atoms with Gasteiger partial charge in [0.25, 0.3) is 0 Å². The van der Waals surface area contributed by atoms with Gasteiger partial charge in [0.15, 0.2) is 0 Å². The highest BCUT2D eigenvalue weighted by Crippen LogP contribution is 2.58. The summed E-state index contributed by atoms with van der Waals surface area (Å²) >= 11 is 0. The summed E-state index contributed by atoms with van der Waals surface area (Å²) in [7, 11) is 0. The molecule has 0 aromatic heterocycles. The lowest BCUT2D eigenvalue weighted by atomic mass is 9.63. The van der Waals surface area contributed by atoms with Crippen LogP contribution in [0.3, 0.4) is 0 Å². The standard InChI is InChI=1S/C44H42O2/c1-41-21-5-7-23-43(41,3)45-37-19-13-29(25-35(37)41)31-15-9-27-12-18-34-32(16-10-28-11-17-33(31)39(27)40(28)34)30-14-20-38-36(26-30)42(2)22-6-8-24-44(42,4)46-38/h9-20,25-26H,5-8,21-24H2,1-4H3. The molecule has 4 unspecified atom stereocenters. The molecule has 0 spiro atoms. The molecule has 6 aromatic carbocycles. The third-order valence-electron chi connectivity index (χ3n) is 13.6.